The van der Waals surface area contributed by atoms with Crippen molar-refractivity contribution in [1.29, 1.82) is 0 Å². The number of fused-ring (bicyclic) bond motifs is 1. The summed E-state index contributed by atoms with van der Waals surface area (Å²) in [6.07, 6.45) is 6.86. The van der Waals surface area contributed by atoms with E-state index in [-0.39, 0.29) is 17.4 Å². The van der Waals surface area contributed by atoms with Gasteiger partial charge in [0.15, 0.2) is 11.0 Å². The summed E-state index contributed by atoms with van der Waals surface area (Å²) in [7, 11) is 1.88. The average molecular weight is 389 g/mol. The van der Waals surface area contributed by atoms with E-state index in [1.165, 1.54) is 12.8 Å². The van der Waals surface area contributed by atoms with Crippen LogP contribution >= 0.6 is 0 Å². The van der Waals surface area contributed by atoms with Gasteiger partial charge in [-0.1, -0.05) is 62.1 Å². The average Bonchev–Trinajstić information content (AvgIpc) is 3.05. The fourth-order valence-corrected chi connectivity index (χ4v) is 4.34. The second-order valence-corrected chi connectivity index (χ2v) is 8.00. The number of carbonyl (C=O) groups excluding carboxylic acids is 1. The molecule has 1 amide bonds. The van der Waals surface area contributed by atoms with Crippen LogP contribution in [0.15, 0.2) is 57.7 Å². The third-order valence-electron chi connectivity index (χ3n) is 6.10. The lowest BCUT2D eigenvalue weighted by Gasteiger charge is -2.27. The summed E-state index contributed by atoms with van der Waals surface area (Å²) in [6.45, 7) is 1.78. The number of amides is 1. The van der Waals surface area contributed by atoms with Gasteiger partial charge in [-0.15, -0.1) is 0 Å². The van der Waals surface area contributed by atoms with Crippen molar-refractivity contribution in [2.24, 2.45) is 0 Å². The first-order chi connectivity index (χ1) is 14.1. The molecular weight excluding hydrogens is 362 g/mol. The first-order valence-electron chi connectivity index (χ1n) is 10.5. The molecule has 1 aromatic heterocycles. The van der Waals surface area contributed by atoms with E-state index in [9.17, 15) is 9.59 Å². The summed E-state index contributed by atoms with van der Waals surface area (Å²) in [4.78, 5) is 28.3. The molecule has 0 aliphatic heterocycles. The zero-order valence-corrected chi connectivity index (χ0v) is 17.1. The van der Waals surface area contributed by atoms with Gasteiger partial charge in [0.2, 0.25) is 0 Å². The largest absolute Gasteiger partial charge is 0.455 e. The predicted molar refractivity (Wildman–Crippen MR) is 116 cm³/mol. The van der Waals surface area contributed by atoms with Crippen molar-refractivity contribution in [2.45, 2.75) is 51.5 Å². The highest BCUT2D eigenvalue weighted by molar-refractivity contribution is 6.05. The molecule has 1 saturated carbocycles. The van der Waals surface area contributed by atoms with Gasteiger partial charge in [-0.3, -0.25) is 9.59 Å². The van der Waals surface area contributed by atoms with Crippen LogP contribution in [-0.4, -0.2) is 23.9 Å². The maximum absolute atomic E-state index is 13.4. The number of hydrogen-bond donors (Lipinski definition) is 0. The van der Waals surface area contributed by atoms with Gasteiger partial charge in [0.05, 0.1) is 10.9 Å². The van der Waals surface area contributed by atoms with Gasteiger partial charge < -0.3 is 9.32 Å². The summed E-state index contributed by atoms with van der Waals surface area (Å²) in [5, 5.41) is 0.460. The first kappa shape index (κ1) is 19.4. The molecule has 0 radical (unpaired) electrons. The minimum atomic E-state index is -0.0862. The van der Waals surface area contributed by atoms with Crippen LogP contribution in [0.3, 0.4) is 0 Å². The molecular formula is C25H27NO3. The van der Waals surface area contributed by atoms with Crippen molar-refractivity contribution in [1.82, 2.24) is 4.90 Å². The van der Waals surface area contributed by atoms with E-state index in [4.69, 9.17) is 4.42 Å². The molecule has 0 atom stereocenters. The highest BCUT2D eigenvalue weighted by atomic mass is 16.3. The van der Waals surface area contributed by atoms with Crippen molar-refractivity contribution in [3.63, 3.8) is 0 Å². The normalized spacial score (nSPS) is 15.2. The highest BCUT2D eigenvalue weighted by Gasteiger charge is 2.25. The second kappa shape index (κ2) is 8.24. The molecule has 4 nitrogen and oxygen atoms in total. The quantitative estimate of drug-likeness (QED) is 0.551. The molecule has 1 aliphatic rings. The van der Waals surface area contributed by atoms with Crippen molar-refractivity contribution in [3.8, 4) is 11.3 Å². The molecule has 0 bridgehead atoms. The molecule has 0 unspecified atom stereocenters. The van der Waals surface area contributed by atoms with Gasteiger partial charge in [-0.05, 0) is 31.9 Å². The summed E-state index contributed by atoms with van der Waals surface area (Å²) in [5.41, 5.74) is 2.15. The molecule has 1 heterocycles. The molecule has 1 aliphatic carbocycles. The van der Waals surface area contributed by atoms with Crippen LogP contribution in [0, 0.1) is 6.92 Å². The van der Waals surface area contributed by atoms with Gasteiger partial charge in [-0.2, -0.15) is 0 Å². The summed E-state index contributed by atoms with van der Waals surface area (Å²) >= 11 is 0. The van der Waals surface area contributed by atoms with E-state index in [2.05, 4.69) is 0 Å². The summed E-state index contributed by atoms with van der Waals surface area (Å²) in [6, 6.07) is 15.1. The first-order valence-corrected chi connectivity index (χ1v) is 10.5. The van der Waals surface area contributed by atoms with Crippen LogP contribution in [0.2, 0.25) is 0 Å². The zero-order valence-electron chi connectivity index (χ0n) is 17.1. The molecule has 29 heavy (non-hydrogen) atoms. The van der Waals surface area contributed by atoms with Crippen molar-refractivity contribution >= 4 is 16.9 Å². The molecule has 4 rings (SSSR count). The van der Waals surface area contributed by atoms with Gasteiger partial charge in [0.1, 0.15) is 5.76 Å². The third kappa shape index (κ3) is 3.71. The van der Waals surface area contributed by atoms with Crippen molar-refractivity contribution in [2.75, 3.05) is 7.05 Å². The van der Waals surface area contributed by atoms with E-state index in [1.54, 1.807) is 25.1 Å². The van der Waals surface area contributed by atoms with Crippen LogP contribution in [0.5, 0.6) is 0 Å². The third-order valence-corrected chi connectivity index (χ3v) is 6.10. The number of para-hydroxylation sites is 1. The number of benzene rings is 2. The lowest BCUT2D eigenvalue weighted by molar-refractivity contribution is 0.0718. The van der Waals surface area contributed by atoms with Gasteiger partial charge in [-0.25, -0.2) is 0 Å². The van der Waals surface area contributed by atoms with Gasteiger partial charge in [0.25, 0.3) is 5.91 Å². The van der Waals surface area contributed by atoms with Crippen molar-refractivity contribution < 1.29 is 9.21 Å². The molecule has 2 aromatic carbocycles. The molecule has 4 heteroatoms. The maximum atomic E-state index is 13.4. The van der Waals surface area contributed by atoms with E-state index < -0.39 is 0 Å². The Morgan fingerprint density at radius 3 is 2.34 bits per heavy atom. The molecule has 0 spiro atoms. The van der Waals surface area contributed by atoms with E-state index in [0.29, 0.717) is 27.9 Å². The molecule has 150 valence electrons. The Kier molecular flexibility index (Phi) is 5.52. The summed E-state index contributed by atoms with van der Waals surface area (Å²) in [5.74, 6) is 0.453. The number of nitrogens with zero attached hydrogens (tertiary/aromatic N) is 1. The van der Waals surface area contributed by atoms with E-state index in [0.717, 1.165) is 31.2 Å². The Morgan fingerprint density at radius 2 is 1.66 bits per heavy atom. The zero-order chi connectivity index (χ0) is 20.4. The fourth-order valence-electron chi connectivity index (χ4n) is 4.34. The SMILES string of the molecule is Cc1c(-c2ccccc2)oc2c(C(=O)N(C)C3CCCCCC3)cccc2c1=O. The smallest absolute Gasteiger partial charge is 0.257 e. The minimum Gasteiger partial charge on any atom is -0.455 e. The second-order valence-electron chi connectivity index (χ2n) is 8.00. The van der Waals surface area contributed by atoms with Gasteiger partial charge in [0, 0.05) is 24.2 Å². The fraction of sp³-hybridized carbons (Fsp3) is 0.360. The van der Waals surface area contributed by atoms with E-state index in [1.807, 2.05) is 42.3 Å². The molecule has 3 aromatic rings. The standard InChI is InChI=1S/C25H27NO3/c1-17-22(27)20-15-10-16-21(24(20)29-23(17)18-11-6-5-7-12-18)25(28)26(2)19-13-8-3-4-9-14-19/h5-7,10-12,15-16,19H,3-4,8-9,13-14H2,1-2H3. The molecule has 0 N–H and O–H groups in total. The Bertz CT molecular complexity index is 1080. The van der Waals surface area contributed by atoms with E-state index >= 15 is 0 Å². The topological polar surface area (TPSA) is 50.5 Å². The predicted octanol–water partition coefficient (Wildman–Crippen LogP) is 5.56. The maximum Gasteiger partial charge on any atom is 0.257 e. The van der Waals surface area contributed by atoms with Crippen LogP contribution in [0.4, 0.5) is 0 Å². The van der Waals surface area contributed by atoms with Crippen LogP contribution in [0.25, 0.3) is 22.3 Å². The Morgan fingerprint density at radius 1 is 0.966 bits per heavy atom. The highest BCUT2D eigenvalue weighted by Crippen LogP contribution is 2.29. The monoisotopic (exact) mass is 389 g/mol. The minimum absolute atomic E-state index is 0.0754. The Hall–Kier alpha value is -2.88. The lowest BCUT2D eigenvalue weighted by atomic mass is 10.0. The number of hydrogen-bond acceptors (Lipinski definition) is 3. The van der Waals surface area contributed by atoms with Gasteiger partial charge >= 0.3 is 0 Å². The number of rotatable bonds is 3. The van der Waals surface area contributed by atoms with Crippen LogP contribution in [-0.2, 0) is 0 Å². The van der Waals surface area contributed by atoms with Crippen molar-refractivity contribution in [3.05, 3.63) is 69.9 Å². The van der Waals surface area contributed by atoms with Crippen LogP contribution in [0.1, 0.15) is 54.4 Å². The Labute approximate surface area is 171 Å². The number of carbonyl (C=O) groups is 1. The molecule has 1 fully saturated rings. The summed E-state index contributed by atoms with van der Waals surface area (Å²) < 4.78 is 6.23. The lowest BCUT2D eigenvalue weighted by Crippen LogP contribution is -2.36. The van der Waals surface area contributed by atoms with Crippen LogP contribution < -0.4 is 5.43 Å². The molecule has 0 saturated heterocycles. The Balaban J connectivity index is 1.81.